The molecule has 2 aliphatic rings. The van der Waals surface area contributed by atoms with Gasteiger partial charge in [-0.15, -0.1) is 0 Å². The van der Waals surface area contributed by atoms with Gasteiger partial charge >= 0.3 is 6.92 Å². The molecule has 5 heteroatoms. The molecule has 1 aliphatic carbocycles. The molecule has 1 aliphatic heterocycles. The van der Waals surface area contributed by atoms with Crippen molar-refractivity contribution in [1.29, 1.82) is 0 Å². The van der Waals surface area contributed by atoms with Crippen molar-refractivity contribution >= 4 is 30.1 Å². The summed E-state index contributed by atoms with van der Waals surface area (Å²) in [7, 11) is 0. The van der Waals surface area contributed by atoms with Crippen molar-refractivity contribution in [3.8, 4) is 0 Å². The van der Waals surface area contributed by atoms with E-state index in [0.29, 0.717) is 6.61 Å². The Hall–Kier alpha value is -1.84. The van der Waals surface area contributed by atoms with Crippen molar-refractivity contribution in [2.24, 2.45) is 0 Å². The topological polar surface area (TPSA) is 21.7 Å². The summed E-state index contributed by atoms with van der Waals surface area (Å²) in [6, 6.07) is 20.7. The zero-order chi connectivity index (χ0) is 19.2. The van der Waals surface area contributed by atoms with Crippen LogP contribution in [-0.4, -0.2) is 37.8 Å². The van der Waals surface area contributed by atoms with Crippen molar-refractivity contribution in [3.63, 3.8) is 0 Å². The molecule has 0 bridgehead atoms. The number of hydrogen-bond donors (Lipinski definition) is 0. The van der Waals surface area contributed by atoms with Gasteiger partial charge in [0.25, 0.3) is 0 Å². The lowest BCUT2D eigenvalue weighted by atomic mass is 10.1. The van der Waals surface area contributed by atoms with Crippen LogP contribution >= 0.6 is 6.92 Å². The van der Waals surface area contributed by atoms with E-state index in [1.165, 1.54) is 22.4 Å². The summed E-state index contributed by atoms with van der Waals surface area (Å²) in [5.41, 5.74) is 5.39. The smallest absolute Gasteiger partial charge is 0.378 e. The number of hydrogen-bond acceptors (Lipinski definition) is 4. The molecule has 0 saturated carbocycles. The SMILES string of the molecule is S=[P+](OCC1=C(N2CCOCC2)/C(=C/c2ccccc2)CC1)c1ccccc1. The van der Waals surface area contributed by atoms with Crippen LogP contribution in [0.1, 0.15) is 18.4 Å². The number of morpholine rings is 1. The van der Waals surface area contributed by atoms with Crippen LogP contribution in [0.25, 0.3) is 6.08 Å². The maximum atomic E-state index is 6.17. The molecule has 2 aromatic rings. The summed E-state index contributed by atoms with van der Waals surface area (Å²) in [4.78, 5) is 2.47. The lowest BCUT2D eigenvalue weighted by Crippen LogP contribution is -2.36. The Morgan fingerprint density at radius 3 is 2.36 bits per heavy atom. The highest BCUT2D eigenvalue weighted by molar-refractivity contribution is 8.06. The molecular weight excluding hydrogens is 385 g/mol. The van der Waals surface area contributed by atoms with Crippen LogP contribution in [-0.2, 0) is 21.1 Å². The zero-order valence-electron chi connectivity index (χ0n) is 15.9. The summed E-state index contributed by atoms with van der Waals surface area (Å²) < 4.78 is 11.7. The van der Waals surface area contributed by atoms with Crippen molar-refractivity contribution in [3.05, 3.63) is 83.1 Å². The van der Waals surface area contributed by atoms with E-state index in [9.17, 15) is 0 Å². The Balaban J connectivity index is 1.57. The van der Waals surface area contributed by atoms with E-state index < -0.39 is 6.92 Å². The molecule has 0 spiro atoms. The number of rotatable bonds is 6. The second-order valence-electron chi connectivity index (χ2n) is 7.00. The third-order valence-electron chi connectivity index (χ3n) is 5.13. The highest BCUT2D eigenvalue weighted by Crippen LogP contribution is 2.37. The molecule has 1 fully saturated rings. The summed E-state index contributed by atoms with van der Waals surface area (Å²) in [6.45, 7) is 3.05. The molecule has 28 heavy (non-hydrogen) atoms. The molecule has 2 aromatic carbocycles. The minimum atomic E-state index is -1.00. The Morgan fingerprint density at radius 2 is 1.64 bits per heavy atom. The predicted octanol–water partition coefficient (Wildman–Crippen LogP) is 4.65. The van der Waals surface area contributed by atoms with Gasteiger partial charge in [-0.2, -0.15) is 4.52 Å². The fourth-order valence-corrected chi connectivity index (χ4v) is 5.12. The van der Waals surface area contributed by atoms with Gasteiger partial charge in [0.1, 0.15) is 6.61 Å². The average Bonchev–Trinajstić information content (AvgIpc) is 3.16. The molecule has 1 saturated heterocycles. The highest BCUT2D eigenvalue weighted by atomic mass is 32.4. The normalized spacial score (nSPS) is 19.4. The number of benzene rings is 2. The van der Waals surface area contributed by atoms with Gasteiger partial charge in [0, 0.05) is 18.8 Å². The van der Waals surface area contributed by atoms with Gasteiger partial charge in [0.15, 0.2) is 5.30 Å². The van der Waals surface area contributed by atoms with Crippen LogP contribution in [0.2, 0.25) is 0 Å². The lowest BCUT2D eigenvalue weighted by molar-refractivity contribution is 0.0544. The second-order valence-corrected chi connectivity index (χ2v) is 9.28. The fraction of sp³-hybridized carbons (Fsp3) is 0.304. The monoisotopic (exact) mass is 410 g/mol. The molecule has 0 amide bonds. The maximum absolute atomic E-state index is 6.17. The van der Waals surface area contributed by atoms with Crippen molar-refractivity contribution in [2.75, 3.05) is 32.9 Å². The standard InChI is InChI=1S/C23H25NO2PS/c28-27(22-9-5-2-6-10-22)26-18-21-12-11-20(17-19-7-3-1-4-8-19)23(21)24-13-15-25-16-14-24/h1-10,17H,11-16,18H2/q+1/b20-17+. The molecule has 4 rings (SSSR count). The Bertz CT molecular complexity index is 874. The number of allylic oxidation sites excluding steroid dienone is 1. The van der Waals surface area contributed by atoms with Crippen LogP contribution in [0, 0.1) is 0 Å². The first-order valence-corrected chi connectivity index (χ1v) is 12.0. The maximum Gasteiger partial charge on any atom is 0.378 e. The van der Waals surface area contributed by atoms with Gasteiger partial charge in [0.2, 0.25) is 11.8 Å². The third-order valence-corrected chi connectivity index (χ3v) is 7.16. The molecule has 3 nitrogen and oxygen atoms in total. The zero-order valence-corrected chi connectivity index (χ0v) is 17.6. The second kappa shape index (κ2) is 9.58. The molecule has 0 N–H and O–H groups in total. The van der Waals surface area contributed by atoms with Gasteiger partial charge in [0.05, 0.1) is 13.2 Å². The minimum absolute atomic E-state index is 0.614. The van der Waals surface area contributed by atoms with E-state index in [-0.39, 0.29) is 0 Å². The molecule has 1 unspecified atom stereocenters. The largest absolute Gasteiger partial charge is 0.378 e. The van der Waals surface area contributed by atoms with Crippen LogP contribution in [0.3, 0.4) is 0 Å². The van der Waals surface area contributed by atoms with E-state index in [1.807, 2.05) is 18.2 Å². The Kier molecular flexibility index (Phi) is 6.66. The average molecular weight is 410 g/mol. The summed E-state index contributed by atoms with van der Waals surface area (Å²) in [5.74, 6) is 0. The van der Waals surface area contributed by atoms with Gasteiger partial charge < -0.3 is 9.64 Å². The Morgan fingerprint density at radius 1 is 0.964 bits per heavy atom. The molecule has 0 radical (unpaired) electrons. The quantitative estimate of drug-likeness (QED) is 0.646. The van der Waals surface area contributed by atoms with Crippen LogP contribution in [0.15, 0.2) is 77.5 Å². The summed E-state index contributed by atoms with van der Waals surface area (Å²) in [5, 5.41) is 1.11. The minimum Gasteiger partial charge on any atom is -0.378 e. The fourth-order valence-electron chi connectivity index (χ4n) is 3.76. The van der Waals surface area contributed by atoms with Gasteiger partial charge in [-0.3, -0.25) is 0 Å². The van der Waals surface area contributed by atoms with Crippen LogP contribution < -0.4 is 5.30 Å². The van der Waals surface area contributed by atoms with Crippen LogP contribution in [0.4, 0.5) is 0 Å². The number of nitrogens with zero attached hydrogens (tertiary/aromatic N) is 1. The van der Waals surface area contributed by atoms with E-state index in [4.69, 9.17) is 21.1 Å². The van der Waals surface area contributed by atoms with E-state index >= 15 is 0 Å². The molecular formula is C23H25NO2PS+. The van der Waals surface area contributed by atoms with Crippen molar-refractivity contribution < 1.29 is 9.26 Å². The first-order chi connectivity index (χ1) is 13.8. The predicted molar refractivity (Wildman–Crippen MR) is 119 cm³/mol. The first-order valence-electron chi connectivity index (χ1n) is 9.77. The third kappa shape index (κ3) is 4.76. The molecule has 0 aromatic heterocycles. The van der Waals surface area contributed by atoms with Crippen LogP contribution in [0.5, 0.6) is 0 Å². The highest BCUT2D eigenvalue weighted by Gasteiger charge is 2.28. The van der Waals surface area contributed by atoms with E-state index in [1.54, 1.807) is 0 Å². The summed E-state index contributed by atoms with van der Waals surface area (Å²) in [6.07, 6.45) is 4.42. The Labute approximate surface area is 173 Å². The van der Waals surface area contributed by atoms with E-state index in [2.05, 4.69) is 53.4 Å². The first kappa shape index (κ1) is 19.5. The van der Waals surface area contributed by atoms with Gasteiger partial charge in [-0.05, 0) is 47.8 Å². The summed E-state index contributed by atoms with van der Waals surface area (Å²) >= 11 is 5.64. The molecule has 144 valence electrons. The van der Waals surface area contributed by atoms with Gasteiger partial charge in [-0.25, -0.2) is 0 Å². The lowest BCUT2D eigenvalue weighted by Gasteiger charge is -2.31. The van der Waals surface area contributed by atoms with Gasteiger partial charge in [-0.1, -0.05) is 48.5 Å². The number of ether oxygens (including phenoxy) is 1. The molecule has 1 atom stereocenters. The molecule has 1 heterocycles. The van der Waals surface area contributed by atoms with E-state index in [0.717, 1.165) is 44.4 Å². The van der Waals surface area contributed by atoms with Crippen molar-refractivity contribution in [1.82, 2.24) is 4.90 Å². The van der Waals surface area contributed by atoms with Crippen molar-refractivity contribution in [2.45, 2.75) is 12.8 Å².